The number of benzene rings is 2. The molecule has 0 saturated carbocycles. The van der Waals surface area contributed by atoms with Crippen LogP contribution in [0.1, 0.15) is 21.5 Å². The Morgan fingerprint density at radius 1 is 1.00 bits per heavy atom. The molecule has 0 aliphatic heterocycles. The van der Waals surface area contributed by atoms with Crippen molar-refractivity contribution >= 4 is 29.2 Å². The standard InChI is InChI=1S/C19H21N3O4/c1-12-4-3-5-16(13(12)2)22-17(23)10-21-18(24)11-26-19(25)14-6-8-15(20)9-7-14/h3-9H,10-11,20H2,1-2H3,(H,21,24)(H,22,23). The number of amides is 2. The number of anilines is 2. The fraction of sp³-hybridized carbons (Fsp3) is 0.211. The molecule has 7 heteroatoms. The molecule has 4 N–H and O–H groups in total. The Morgan fingerprint density at radius 3 is 2.38 bits per heavy atom. The second kappa shape index (κ2) is 8.66. The third kappa shape index (κ3) is 5.34. The Morgan fingerprint density at radius 2 is 1.69 bits per heavy atom. The van der Waals surface area contributed by atoms with Gasteiger partial charge < -0.3 is 21.1 Å². The van der Waals surface area contributed by atoms with Gasteiger partial charge in [-0.3, -0.25) is 9.59 Å². The van der Waals surface area contributed by atoms with Gasteiger partial charge >= 0.3 is 5.97 Å². The first-order valence-corrected chi connectivity index (χ1v) is 8.02. The highest BCUT2D eigenvalue weighted by molar-refractivity contribution is 5.96. The van der Waals surface area contributed by atoms with Crippen molar-refractivity contribution in [2.75, 3.05) is 24.2 Å². The summed E-state index contributed by atoms with van der Waals surface area (Å²) in [7, 11) is 0. The summed E-state index contributed by atoms with van der Waals surface area (Å²) in [6.45, 7) is 3.16. The van der Waals surface area contributed by atoms with E-state index in [0.29, 0.717) is 16.9 Å². The van der Waals surface area contributed by atoms with Crippen molar-refractivity contribution in [3.8, 4) is 0 Å². The molecule has 0 atom stereocenters. The highest BCUT2D eigenvalue weighted by Crippen LogP contribution is 2.17. The minimum absolute atomic E-state index is 0.217. The molecule has 0 spiro atoms. The van der Waals surface area contributed by atoms with Crippen LogP contribution in [0.3, 0.4) is 0 Å². The molecule has 0 heterocycles. The molecular weight excluding hydrogens is 334 g/mol. The Bertz CT molecular complexity index is 816. The van der Waals surface area contributed by atoms with E-state index in [1.54, 1.807) is 18.2 Å². The van der Waals surface area contributed by atoms with E-state index in [1.165, 1.54) is 12.1 Å². The summed E-state index contributed by atoms with van der Waals surface area (Å²) < 4.78 is 4.89. The SMILES string of the molecule is Cc1cccc(NC(=O)CNC(=O)COC(=O)c2ccc(N)cc2)c1C. The van der Waals surface area contributed by atoms with Crippen molar-refractivity contribution in [3.05, 3.63) is 59.2 Å². The van der Waals surface area contributed by atoms with E-state index in [9.17, 15) is 14.4 Å². The number of carbonyl (C=O) groups is 3. The zero-order chi connectivity index (χ0) is 19.1. The molecular formula is C19H21N3O4. The maximum atomic E-state index is 11.9. The second-order valence-electron chi connectivity index (χ2n) is 5.77. The molecule has 0 aliphatic rings. The predicted molar refractivity (Wildman–Crippen MR) is 98.7 cm³/mol. The molecule has 0 unspecified atom stereocenters. The van der Waals surface area contributed by atoms with E-state index in [-0.39, 0.29) is 12.5 Å². The van der Waals surface area contributed by atoms with Crippen LogP contribution in [0.5, 0.6) is 0 Å². The molecule has 2 rings (SSSR count). The van der Waals surface area contributed by atoms with Crippen LogP contribution in [0.15, 0.2) is 42.5 Å². The number of hydrogen-bond acceptors (Lipinski definition) is 5. The Balaban J connectivity index is 1.76. The smallest absolute Gasteiger partial charge is 0.338 e. The van der Waals surface area contributed by atoms with Gasteiger partial charge in [-0.1, -0.05) is 12.1 Å². The van der Waals surface area contributed by atoms with Crippen LogP contribution in [0.2, 0.25) is 0 Å². The number of nitrogens with one attached hydrogen (secondary N) is 2. The van der Waals surface area contributed by atoms with Gasteiger partial charge in [0.15, 0.2) is 6.61 Å². The predicted octanol–water partition coefficient (Wildman–Crippen LogP) is 1.80. The van der Waals surface area contributed by atoms with Gasteiger partial charge in [-0.2, -0.15) is 0 Å². The van der Waals surface area contributed by atoms with E-state index in [0.717, 1.165) is 11.1 Å². The van der Waals surface area contributed by atoms with E-state index < -0.39 is 18.5 Å². The summed E-state index contributed by atoms with van der Waals surface area (Å²) in [5, 5.41) is 5.13. The average Bonchev–Trinajstić information content (AvgIpc) is 2.62. The van der Waals surface area contributed by atoms with Gasteiger partial charge in [0, 0.05) is 11.4 Å². The van der Waals surface area contributed by atoms with Crippen LogP contribution in [0.25, 0.3) is 0 Å². The molecule has 26 heavy (non-hydrogen) atoms. The average molecular weight is 355 g/mol. The van der Waals surface area contributed by atoms with Gasteiger partial charge in [-0.25, -0.2) is 4.79 Å². The number of carbonyl (C=O) groups excluding carboxylic acids is 3. The van der Waals surface area contributed by atoms with Crippen molar-refractivity contribution in [1.82, 2.24) is 5.32 Å². The number of hydrogen-bond donors (Lipinski definition) is 3. The first-order chi connectivity index (χ1) is 12.4. The number of ether oxygens (including phenoxy) is 1. The van der Waals surface area contributed by atoms with Gasteiger partial charge in [0.2, 0.25) is 5.91 Å². The topological polar surface area (TPSA) is 111 Å². The molecule has 0 saturated heterocycles. The highest BCUT2D eigenvalue weighted by Gasteiger charge is 2.12. The molecule has 0 fully saturated rings. The molecule has 0 bridgehead atoms. The van der Waals surface area contributed by atoms with Crippen LogP contribution in [0.4, 0.5) is 11.4 Å². The summed E-state index contributed by atoms with van der Waals surface area (Å²) >= 11 is 0. The summed E-state index contributed by atoms with van der Waals surface area (Å²) in [5.74, 6) is -1.57. The first kappa shape index (κ1) is 19.0. The van der Waals surface area contributed by atoms with E-state index >= 15 is 0 Å². The first-order valence-electron chi connectivity index (χ1n) is 8.02. The minimum Gasteiger partial charge on any atom is -0.452 e. The Labute approximate surface area is 151 Å². The normalized spacial score (nSPS) is 10.1. The van der Waals surface area contributed by atoms with Crippen molar-refractivity contribution in [2.24, 2.45) is 0 Å². The summed E-state index contributed by atoms with van der Waals surface area (Å²) in [6.07, 6.45) is 0. The molecule has 0 radical (unpaired) electrons. The molecule has 2 amide bonds. The van der Waals surface area contributed by atoms with E-state index in [2.05, 4.69) is 10.6 Å². The van der Waals surface area contributed by atoms with Gasteiger partial charge in [-0.05, 0) is 55.3 Å². The fourth-order valence-electron chi connectivity index (χ4n) is 2.14. The molecule has 0 aliphatic carbocycles. The third-order valence-electron chi connectivity index (χ3n) is 3.81. The minimum atomic E-state index is -0.639. The van der Waals surface area contributed by atoms with Crippen LogP contribution < -0.4 is 16.4 Å². The number of nitrogens with two attached hydrogens (primary N) is 1. The van der Waals surface area contributed by atoms with Crippen molar-refractivity contribution in [3.63, 3.8) is 0 Å². The van der Waals surface area contributed by atoms with Crippen LogP contribution in [0, 0.1) is 13.8 Å². The van der Waals surface area contributed by atoms with Gasteiger partial charge in [0.05, 0.1) is 12.1 Å². The lowest BCUT2D eigenvalue weighted by Crippen LogP contribution is -2.35. The number of esters is 1. The van der Waals surface area contributed by atoms with E-state index in [1.807, 2.05) is 26.0 Å². The van der Waals surface area contributed by atoms with Crippen LogP contribution >= 0.6 is 0 Å². The molecule has 0 aromatic heterocycles. The van der Waals surface area contributed by atoms with Crippen molar-refractivity contribution in [1.29, 1.82) is 0 Å². The van der Waals surface area contributed by atoms with Crippen molar-refractivity contribution < 1.29 is 19.1 Å². The monoisotopic (exact) mass is 355 g/mol. The van der Waals surface area contributed by atoms with Crippen molar-refractivity contribution in [2.45, 2.75) is 13.8 Å². The van der Waals surface area contributed by atoms with Gasteiger partial charge in [0.25, 0.3) is 5.91 Å². The summed E-state index contributed by atoms with van der Waals surface area (Å²) in [6, 6.07) is 11.7. The van der Waals surface area contributed by atoms with Crippen LogP contribution in [-0.2, 0) is 14.3 Å². The number of rotatable bonds is 6. The molecule has 2 aromatic rings. The lowest BCUT2D eigenvalue weighted by molar-refractivity contribution is -0.126. The number of nitrogen functional groups attached to an aromatic ring is 1. The van der Waals surface area contributed by atoms with Crippen LogP contribution in [-0.4, -0.2) is 30.9 Å². The summed E-state index contributed by atoms with van der Waals surface area (Å²) in [5.41, 5.74) is 9.06. The Hall–Kier alpha value is -3.35. The zero-order valence-corrected chi connectivity index (χ0v) is 14.7. The lowest BCUT2D eigenvalue weighted by Gasteiger charge is -2.11. The largest absolute Gasteiger partial charge is 0.452 e. The summed E-state index contributed by atoms with van der Waals surface area (Å²) in [4.78, 5) is 35.4. The molecule has 7 nitrogen and oxygen atoms in total. The number of aryl methyl sites for hydroxylation is 1. The molecule has 2 aromatic carbocycles. The third-order valence-corrected chi connectivity index (χ3v) is 3.81. The molecule has 136 valence electrons. The zero-order valence-electron chi connectivity index (χ0n) is 14.7. The van der Waals surface area contributed by atoms with Gasteiger partial charge in [-0.15, -0.1) is 0 Å². The highest BCUT2D eigenvalue weighted by atomic mass is 16.5. The van der Waals surface area contributed by atoms with E-state index in [4.69, 9.17) is 10.5 Å². The Kier molecular flexibility index (Phi) is 6.32. The fourth-order valence-corrected chi connectivity index (χ4v) is 2.14. The quantitative estimate of drug-likeness (QED) is 0.540. The maximum Gasteiger partial charge on any atom is 0.338 e. The second-order valence-corrected chi connectivity index (χ2v) is 5.77. The van der Waals surface area contributed by atoms with Gasteiger partial charge in [0.1, 0.15) is 0 Å². The maximum absolute atomic E-state index is 11.9. The lowest BCUT2D eigenvalue weighted by atomic mass is 10.1.